The number of hydrogen-bond acceptors (Lipinski definition) is 2. The number of carbonyl (C=O) groups excluding carboxylic acids is 1. The summed E-state index contributed by atoms with van der Waals surface area (Å²) in [7, 11) is 0. The number of carbonyl (C=O) groups is 1. The van der Waals surface area contributed by atoms with Gasteiger partial charge in [-0.3, -0.25) is 4.79 Å². The summed E-state index contributed by atoms with van der Waals surface area (Å²) in [6, 6.07) is 8.28. The Kier molecular flexibility index (Phi) is 6.95. The third-order valence-electron chi connectivity index (χ3n) is 4.70. The number of ether oxygens (including phenoxy) is 1. The van der Waals surface area contributed by atoms with Gasteiger partial charge in [0.15, 0.2) is 0 Å². The summed E-state index contributed by atoms with van der Waals surface area (Å²) in [5.74, 6) is -0.0764. The Bertz CT molecular complexity index is 449. The fourth-order valence-electron chi connectivity index (χ4n) is 3.23. The smallest absolute Gasteiger partial charge is 0.313 e. The topological polar surface area (TPSA) is 26.3 Å². The molecule has 22 heavy (non-hydrogen) atoms. The zero-order valence-corrected chi connectivity index (χ0v) is 14.1. The van der Waals surface area contributed by atoms with Crippen LogP contribution in [0.2, 0.25) is 0 Å². The molecule has 1 aliphatic rings. The van der Waals surface area contributed by atoms with Crippen LogP contribution in [0, 0.1) is 6.92 Å². The molecule has 0 bridgehead atoms. The largest absolute Gasteiger partial charge is 0.462 e. The Morgan fingerprint density at radius 1 is 1.00 bits per heavy atom. The predicted molar refractivity (Wildman–Crippen MR) is 91.0 cm³/mol. The van der Waals surface area contributed by atoms with Crippen LogP contribution in [0.5, 0.6) is 0 Å². The van der Waals surface area contributed by atoms with Crippen molar-refractivity contribution in [1.82, 2.24) is 0 Å². The van der Waals surface area contributed by atoms with Crippen LogP contribution in [0.1, 0.15) is 81.8 Å². The minimum Gasteiger partial charge on any atom is -0.462 e. The highest BCUT2D eigenvalue weighted by Gasteiger charge is 2.30. The quantitative estimate of drug-likeness (QED) is 0.466. The molecule has 0 radical (unpaired) electrons. The van der Waals surface area contributed by atoms with E-state index in [-0.39, 0.29) is 18.0 Å². The molecule has 2 atom stereocenters. The molecule has 122 valence electrons. The van der Waals surface area contributed by atoms with Crippen LogP contribution in [0.25, 0.3) is 0 Å². The van der Waals surface area contributed by atoms with Crippen LogP contribution in [-0.2, 0) is 9.53 Å². The van der Waals surface area contributed by atoms with Gasteiger partial charge in [0.1, 0.15) is 6.10 Å². The summed E-state index contributed by atoms with van der Waals surface area (Å²) < 4.78 is 5.67. The summed E-state index contributed by atoms with van der Waals surface area (Å²) >= 11 is 0. The fourth-order valence-corrected chi connectivity index (χ4v) is 3.23. The molecule has 1 aromatic rings. The van der Waals surface area contributed by atoms with Gasteiger partial charge in [-0.15, -0.1) is 0 Å². The SMILES string of the molecule is CCCCCCCCC1CCC(c2ccc(C)cc2)C(=O)O1. The molecule has 0 amide bonds. The van der Waals surface area contributed by atoms with Gasteiger partial charge in [-0.1, -0.05) is 68.9 Å². The van der Waals surface area contributed by atoms with Crippen molar-refractivity contribution in [3.8, 4) is 0 Å². The second-order valence-corrected chi connectivity index (χ2v) is 6.66. The Hall–Kier alpha value is -1.31. The molecule has 1 aliphatic heterocycles. The number of esters is 1. The molecule has 2 unspecified atom stereocenters. The first-order valence-electron chi connectivity index (χ1n) is 8.97. The van der Waals surface area contributed by atoms with Gasteiger partial charge in [0.2, 0.25) is 0 Å². The maximum absolute atomic E-state index is 12.2. The van der Waals surface area contributed by atoms with E-state index in [0.29, 0.717) is 0 Å². The highest BCUT2D eigenvalue weighted by atomic mass is 16.5. The van der Waals surface area contributed by atoms with E-state index in [4.69, 9.17) is 4.74 Å². The zero-order chi connectivity index (χ0) is 15.8. The van der Waals surface area contributed by atoms with Crippen molar-refractivity contribution in [2.24, 2.45) is 0 Å². The number of unbranched alkanes of at least 4 members (excludes halogenated alkanes) is 5. The van der Waals surface area contributed by atoms with E-state index < -0.39 is 0 Å². The summed E-state index contributed by atoms with van der Waals surface area (Å²) in [5, 5.41) is 0. The van der Waals surface area contributed by atoms with E-state index in [1.807, 2.05) is 0 Å². The lowest BCUT2D eigenvalue weighted by Crippen LogP contribution is -2.29. The highest BCUT2D eigenvalue weighted by molar-refractivity contribution is 5.79. The molecule has 1 aromatic carbocycles. The van der Waals surface area contributed by atoms with Crippen molar-refractivity contribution < 1.29 is 9.53 Å². The van der Waals surface area contributed by atoms with Crippen molar-refractivity contribution in [1.29, 1.82) is 0 Å². The Morgan fingerprint density at radius 3 is 2.36 bits per heavy atom. The van der Waals surface area contributed by atoms with Gasteiger partial charge in [-0.05, 0) is 38.2 Å². The average molecular weight is 302 g/mol. The first-order chi connectivity index (χ1) is 10.7. The standard InChI is InChI=1S/C20H30O2/c1-3-4-5-6-7-8-9-18-14-15-19(20(21)22-18)17-12-10-16(2)11-13-17/h10-13,18-19H,3-9,14-15H2,1-2H3. The lowest BCUT2D eigenvalue weighted by Gasteiger charge is -2.28. The van der Waals surface area contributed by atoms with Gasteiger partial charge < -0.3 is 4.74 Å². The molecule has 1 heterocycles. The van der Waals surface area contributed by atoms with Gasteiger partial charge in [-0.25, -0.2) is 0 Å². The molecule has 1 saturated heterocycles. The van der Waals surface area contributed by atoms with E-state index in [0.717, 1.165) is 24.8 Å². The molecular weight excluding hydrogens is 272 g/mol. The molecule has 2 rings (SSSR count). The van der Waals surface area contributed by atoms with Crippen LogP contribution < -0.4 is 0 Å². The number of cyclic esters (lactones) is 1. The molecule has 2 heteroatoms. The normalized spacial score (nSPS) is 21.6. The lowest BCUT2D eigenvalue weighted by atomic mass is 9.89. The first-order valence-corrected chi connectivity index (χ1v) is 8.97. The number of hydrogen-bond donors (Lipinski definition) is 0. The average Bonchev–Trinajstić information content (AvgIpc) is 2.52. The Morgan fingerprint density at radius 2 is 1.68 bits per heavy atom. The second-order valence-electron chi connectivity index (χ2n) is 6.66. The van der Waals surface area contributed by atoms with Crippen LogP contribution in [0.3, 0.4) is 0 Å². The molecule has 0 aliphatic carbocycles. The fraction of sp³-hybridized carbons (Fsp3) is 0.650. The van der Waals surface area contributed by atoms with Crippen molar-refractivity contribution >= 4 is 5.97 Å². The summed E-state index contributed by atoms with van der Waals surface area (Å²) in [4.78, 5) is 12.2. The van der Waals surface area contributed by atoms with Gasteiger partial charge in [0.25, 0.3) is 0 Å². The molecular formula is C20H30O2. The van der Waals surface area contributed by atoms with Crippen LogP contribution in [-0.4, -0.2) is 12.1 Å². The second kappa shape index (κ2) is 8.97. The van der Waals surface area contributed by atoms with Gasteiger partial charge in [0.05, 0.1) is 5.92 Å². The van der Waals surface area contributed by atoms with Crippen molar-refractivity contribution in [2.45, 2.75) is 83.7 Å². The van der Waals surface area contributed by atoms with E-state index in [1.54, 1.807) is 0 Å². The van der Waals surface area contributed by atoms with E-state index in [2.05, 4.69) is 38.1 Å². The summed E-state index contributed by atoms with van der Waals surface area (Å²) in [6.07, 6.45) is 10.9. The Labute approximate surface area is 135 Å². The summed E-state index contributed by atoms with van der Waals surface area (Å²) in [5.41, 5.74) is 2.34. The third-order valence-corrected chi connectivity index (χ3v) is 4.70. The highest BCUT2D eigenvalue weighted by Crippen LogP contribution is 2.31. The van der Waals surface area contributed by atoms with Gasteiger partial charge in [0, 0.05) is 0 Å². The predicted octanol–water partition coefficient (Wildman–Crippen LogP) is 5.53. The summed E-state index contributed by atoms with van der Waals surface area (Å²) in [6.45, 7) is 4.31. The lowest BCUT2D eigenvalue weighted by molar-refractivity contribution is -0.156. The number of benzene rings is 1. The van der Waals surface area contributed by atoms with E-state index in [9.17, 15) is 4.79 Å². The molecule has 0 spiro atoms. The van der Waals surface area contributed by atoms with Gasteiger partial charge >= 0.3 is 5.97 Å². The minimum atomic E-state index is -0.0543. The maximum Gasteiger partial charge on any atom is 0.313 e. The zero-order valence-electron chi connectivity index (χ0n) is 14.1. The third kappa shape index (κ3) is 5.15. The van der Waals surface area contributed by atoms with Gasteiger partial charge in [-0.2, -0.15) is 0 Å². The first kappa shape index (κ1) is 17.1. The van der Waals surface area contributed by atoms with Crippen molar-refractivity contribution in [3.05, 3.63) is 35.4 Å². The van der Waals surface area contributed by atoms with E-state index >= 15 is 0 Å². The van der Waals surface area contributed by atoms with Crippen LogP contribution in [0.15, 0.2) is 24.3 Å². The number of rotatable bonds is 8. The molecule has 2 nitrogen and oxygen atoms in total. The monoisotopic (exact) mass is 302 g/mol. The number of aryl methyl sites for hydroxylation is 1. The molecule has 0 N–H and O–H groups in total. The Balaban J connectivity index is 1.71. The van der Waals surface area contributed by atoms with E-state index in [1.165, 1.54) is 44.1 Å². The van der Waals surface area contributed by atoms with Crippen LogP contribution >= 0.6 is 0 Å². The van der Waals surface area contributed by atoms with Crippen molar-refractivity contribution in [2.75, 3.05) is 0 Å². The van der Waals surface area contributed by atoms with Crippen LogP contribution in [0.4, 0.5) is 0 Å². The molecule has 0 aromatic heterocycles. The van der Waals surface area contributed by atoms with Crippen molar-refractivity contribution in [3.63, 3.8) is 0 Å². The minimum absolute atomic E-state index is 0.0221. The molecule has 0 saturated carbocycles. The molecule has 1 fully saturated rings. The maximum atomic E-state index is 12.2.